The van der Waals surface area contributed by atoms with E-state index in [2.05, 4.69) is 21.9 Å². The van der Waals surface area contributed by atoms with E-state index in [0.717, 1.165) is 22.6 Å². The molecule has 0 aliphatic heterocycles. The Bertz CT molecular complexity index is 1070. The second-order valence-electron chi connectivity index (χ2n) is 6.13. The van der Waals surface area contributed by atoms with Gasteiger partial charge in [0.1, 0.15) is 21.4 Å². The molecule has 1 heterocycles. The first-order valence-corrected chi connectivity index (χ1v) is 10.3. The lowest BCUT2D eigenvalue weighted by Crippen LogP contribution is -2.22. The average molecular weight is 438 g/mol. The molecule has 0 bridgehead atoms. The molecule has 1 N–H and O–H groups in total. The van der Waals surface area contributed by atoms with Crippen LogP contribution in [-0.4, -0.2) is 24.2 Å². The number of benzene rings is 2. The van der Waals surface area contributed by atoms with Crippen LogP contribution in [0, 0.1) is 0 Å². The molecule has 1 aromatic heterocycles. The van der Waals surface area contributed by atoms with Gasteiger partial charge in [-0.2, -0.15) is 0 Å². The van der Waals surface area contributed by atoms with Crippen molar-refractivity contribution in [1.82, 2.24) is 10.3 Å². The molecule has 0 unspecified atom stereocenters. The summed E-state index contributed by atoms with van der Waals surface area (Å²) in [7, 11) is 1.66. The van der Waals surface area contributed by atoms with Crippen LogP contribution in [0.25, 0.3) is 5.57 Å². The normalized spacial score (nSPS) is 11.5. The van der Waals surface area contributed by atoms with Crippen molar-refractivity contribution in [3.63, 3.8) is 0 Å². The van der Waals surface area contributed by atoms with Gasteiger partial charge >= 0.3 is 0 Å². The highest BCUT2D eigenvalue weighted by Crippen LogP contribution is 2.28. The van der Waals surface area contributed by atoms with Gasteiger partial charge in [-0.15, -0.1) is 11.3 Å². The molecule has 5 nitrogen and oxygen atoms in total. The summed E-state index contributed by atoms with van der Waals surface area (Å²) in [6.45, 7) is 4.04. The Morgan fingerprint density at radius 3 is 2.57 bits per heavy atom. The molecule has 2 aromatic carbocycles. The van der Waals surface area contributed by atoms with Crippen molar-refractivity contribution < 1.29 is 9.53 Å². The van der Waals surface area contributed by atoms with Gasteiger partial charge < -0.3 is 10.1 Å². The van der Waals surface area contributed by atoms with E-state index < -0.39 is 0 Å². The maximum absolute atomic E-state index is 12.6. The summed E-state index contributed by atoms with van der Waals surface area (Å²) in [6.07, 6.45) is 5.05. The molecule has 1 amide bonds. The first kappa shape index (κ1) is 21.5. The van der Waals surface area contributed by atoms with Gasteiger partial charge in [-0.1, -0.05) is 60.7 Å². The summed E-state index contributed by atoms with van der Waals surface area (Å²) in [5, 5.41) is 3.65. The predicted octanol–water partition coefficient (Wildman–Crippen LogP) is 5.79. The van der Waals surface area contributed by atoms with E-state index in [0.29, 0.717) is 16.4 Å². The van der Waals surface area contributed by atoms with Gasteiger partial charge in [0.15, 0.2) is 5.15 Å². The Kier molecular flexibility index (Phi) is 7.54. The van der Waals surface area contributed by atoms with Gasteiger partial charge in [0.25, 0.3) is 5.91 Å². The Hall–Kier alpha value is -3.22. The number of nitrogens with zero attached hydrogens (tertiary/aromatic N) is 2. The highest BCUT2D eigenvalue weighted by Gasteiger charge is 2.18. The molecule has 0 aliphatic rings. The molecule has 0 atom stereocenters. The summed E-state index contributed by atoms with van der Waals surface area (Å²) < 4.78 is 5.77. The zero-order valence-corrected chi connectivity index (χ0v) is 17.9. The second-order valence-corrected chi connectivity index (χ2v) is 7.48. The maximum atomic E-state index is 12.6. The Morgan fingerprint density at radius 2 is 1.90 bits per heavy atom. The van der Waals surface area contributed by atoms with Crippen LogP contribution in [0.3, 0.4) is 0 Å². The quantitative estimate of drug-likeness (QED) is 0.358. The maximum Gasteiger partial charge on any atom is 0.264 e. The third kappa shape index (κ3) is 5.65. The van der Waals surface area contributed by atoms with Crippen LogP contribution in [-0.2, 0) is 6.54 Å². The number of hydrogen-bond acceptors (Lipinski definition) is 5. The molecule has 0 fully saturated rings. The van der Waals surface area contributed by atoms with Crippen LogP contribution < -0.4 is 10.1 Å². The topological polar surface area (TPSA) is 63.6 Å². The fourth-order valence-corrected chi connectivity index (χ4v) is 3.76. The summed E-state index contributed by atoms with van der Waals surface area (Å²) in [5.74, 6) is 1.22. The molecule has 0 radical (unpaired) electrons. The van der Waals surface area contributed by atoms with Crippen molar-refractivity contribution in [3.05, 3.63) is 93.9 Å². The number of nitrogens with one attached hydrogen (secondary N) is 1. The lowest BCUT2D eigenvalue weighted by Gasteiger charge is -2.07. The summed E-state index contributed by atoms with van der Waals surface area (Å²) >= 11 is 7.40. The minimum Gasteiger partial charge on any atom is -0.457 e. The molecule has 0 saturated carbocycles. The van der Waals surface area contributed by atoms with E-state index in [1.165, 1.54) is 11.3 Å². The number of aliphatic imine (C=N–C) groups is 1. The Balaban J connectivity index is 1.63. The van der Waals surface area contributed by atoms with E-state index in [1.807, 2.05) is 54.6 Å². The minimum atomic E-state index is -0.278. The highest BCUT2D eigenvalue weighted by molar-refractivity contribution is 7.15. The van der Waals surface area contributed by atoms with Crippen LogP contribution in [0.5, 0.6) is 11.5 Å². The monoisotopic (exact) mass is 437 g/mol. The molecular formula is C23H20ClN3O2S. The predicted molar refractivity (Wildman–Crippen MR) is 124 cm³/mol. The smallest absolute Gasteiger partial charge is 0.264 e. The first-order chi connectivity index (χ1) is 14.6. The molecule has 152 valence electrons. The van der Waals surface area contributed by atoms with Crippen molar-refractivity contribution in [2.45, 2.75) is 6.54 Å². The number of para-hydroxylation sites is 1. The van der Waals surface area contributed by atoms with E-state index in [-0.39, 0.29) is 11.1 Å². The van der Waals surface area contributed by atoms with Crippen molar-refractivity contribution in [2.75, 3.05) is 7.05 Å². The van der Waals surface area contributed by atoms with Crippen LogP contribution in [0.15, 0.2) is 78.3 Å². The lowest BCUT2D eigenvalue weighted by atomic mass is 10.2. The third-order valence-electron chi connectivity index (χ3n) is 3.96. The molecule has 30 heavy (non-hydrogen) atoms. The summed E-state index contributed by atoms with van der Waals surface area (Å²) in [5.41, 5.74) is 1.68. The molecule has 0 spiro atoms. The van der Waals surface area contributed by atoms with Gasteiger partial charge in [0.05, 0.1) is 0 Å². The number of aromatic nitrogens is 1. The lowest BCUT2D eigenvalue weighted by molar-refractivity contribution is 0.0955. The van der Waals surface area contributed by atoms with E-state index in [1.54, 1.807) is 25.4 Å². The van der Waals surface area contributed by atoms with Crippen molar-refractivity contribution in [1.29, 1.82) is 0 Å². The average Bonchev–Trinajstić information content (AvgIpc) is 3.15. The van der Waals surface area contributed by atoms with Crippen LogP contribution in [0.2, 0.25) is 5.15 Å². The standard InChI is InChI=1S/C23H20ClN3O2S/c1-3-7-17(15-25-2)23-27-21(24)20(30-23)22(28)26-14-16-10-12-19(13-11-16)29-18-8-5-4-6-9-18/h3-13,15H,1,14H2,2H3,(H,26,28)/b17-7+,25-15?. The summed E-state index contributed by atoms with van der Waals surface area (Å²) in [6, 6.07) is 17.1. The highest BCUT2D eigenvalue weighted by atomic mass is 35.5. The number of thiazole rings is 1. The van der Waals surface area contributed by atoms with Crippen molar-refractivity contribution in [2.24, 2.45) is 4.99 Å². The second kappa shape index (κ2) is 10.5. The molecule has 0 saturated heterocycles. The number of allylic oxidation sites excluding steroid dienone is 3. The largest absolute Gasteiger partial charge is 0.457 e. The molecule has 7 heteroatoms. The number of halogens is 1. The minimum absolute atomic E-state index is 0.165. The third-order valence-corrected chi connectivity index (χ3v) is 5.45. The van der Waals surface area contributed by atoms with Gasteiger partial charge in [-0.3, -0.25) is 9.79 Å². The van der Waals surface area contributed by atoms with Gasteiger partial charge in [-0.05, 0) is 29.8 Å². The number of ether oxygens (including phenoxy) is 1. The molecule has 0 aliphatic carbocycles. The van der Waals surface area contributed by atoms with E-state index in [9.17, 15) is 4.79 Å². The van der Waals surface area contributed by atoms with Gasteiger partial charge in [0, 0.05) is 25.4 Å². The summed E-state index contributed by atoms with van der Waals surface area (Å²) in [4.78, 5) is 21.2. The van der Waals surface area contributed by atoms with Gasteiger partial charge in [-0.25, -0.2) is 4.98 Å². The Labute approximate surface area is 184 Å². The molecule has 3 aromatic rings. The molecule has 3 rings (SSSR count). The number of carbonyl (C=O) groups is 1. The zero-order chi connectivity index (χ0) is 21.3. The number of rotatable bonds is 8. The van der Waals surface area contributed by atoms with E-state index >= 15 is 0 Å². The fourth-order valence-electron chi connectivity index (χ4n) is 2.56. The fraction of sp³-hybridized carbons (Fsp3) is 0.0870. The number of amides is 1. The van der Waals surface area contributed by atoms with Crippen molar-refractivity contribution in [3.8, 4) is 11.5 Å². The number of hydrogen-bond donors (Lipinski definition) is 1. The van der Waals surface area contributed by atoms with E-state index in [4.69, 9.17) is 16.3 Å². The van der Waals surface area contributed by atoms with Crippen LogP contribution >= 0.6 is 22.9 Å². The SMILES string of the molecule is C=C/C=C(\C=NC)c1nc(Cl)c(C(=O)NCc2ccc(Oc3ccccc3)cc2)s1. The zero-order valence-electron chi connectivity index (χ0n) is 16.3. The number of carbonyl (C=O) groups excluding carboxylic acids is 1. The molecular weight excluding hydrogens is 418 g/mol. The van der Waals surface area contributed by atoms with Crippen LogP contribution in [0.1, 0.15) is 20.2 Å². The van der Waals surface area contributed by atoms with Crippen molar-refractivity contribution >= 4 is 40.6 Å². The first-order valence-electron chi connectivity index (χ1n) is 9.12. The van der Waals surface area contributed by atoms with Crippen LogP contribution in [0.4, 0.5) is 0 Å². The van der Waals surface area contributed by atoms with Gasteiger partial charge in [0.2, 0.25) is 0 Å². The Morgan fingerprint density at radius 1 is 1.20 bits per heavy atom.